The molecule has 0 fully saturated rings. The van der Waals surface area contributed by atoms with E-state index < -0.39 is 15.8 Å². The highest BCUT2D eigenvalue weighted by Crippen LogP contribution is 2.37. The molecule has 0 aliphatic carbocycles. The number of rotatable bonds is 8. The molecule has 0 radical (unpaired) electrons. The summed E-state index contributed by atoms with van der Waals surface area (Å²) in [5, 5.41) is 10.3. The smallest absolute Gasteiger partial charge is 0.349 e. The quantitative estimate of drug-likeness (QED) is 0.398. The number of thiophene rings is 1. The third-order valence-electron chi connectivity index (χ3n) is 4.92. The molecule has 0 unspecified atom stereocenters. The normalized spacial score (nSPS) is 11.5. The van der Waals surface area contributed by atoms with Gasteiger partial charge in [0.1, 0.15) is 23.7 Å². The zero-order chi connectivity index (χ0) is 23.8. The van der Waals surface area contributed by atoms with Crippen molar-refractivity contribution in [2.45, 2.75) is 11.5 Å². The number of hydrogen-bond acceptors (Lipinski definition) is 8. The van der Waals surface area contributed by atoms with Crippen molar-refractivity contribution in [2.75, 3.05) is 20.5 Å². The number of carbonyl (C=O) groups is 1. The average molecular weight is 489 g/mol. The molecule has 2 heterocycles. The molecule has 0 saturated carbocycles. The number of aromatic carboxylic acids is 1. The van der Waals surface area contributed by atoms with Gasteiger partial charge < -0.3 is 19.3 Å². The predicted octanol–water partition coefficient (Wildman–Crippen LogP) is 3.78. The number of nitrogens with zero attached hydrogens (tertiary/aromatic N) is 2. The predicted molar refractivity (Wildman–Crippen MR) is 123 cm³/mol. The molecule has 172 valence electrons. The van der Waals surface area contributed by atoms with Gasteiger partial charge in [-0.15, -0.1) is 11.3 Å². The van der Waals surface area contributed by atoms with E-state index in [2.05, 4.69) is 4.98 Å². The topological polar surface area (TPSA) is 117 Å². The maximum atomic E-state index is 11.8. The van der Waals surface area contributed by atoms with E-state index in [4.69, 9.17) is 14.2 Å². The number of aromatic nitrogens is 2. The Hall–Kier alpha value is -3.57. The second-order valence-electron chi connectivity index (χ2n) is 7.10. The zero-order valence-corrected chi connectivity index (χ0v) is 19.6. The molecule has 0 saturated heterocycles. The molecule has 11 heteroatoms. The molecule has 0 aliphatic rings. The van der Waals surface area contributed by atoms with E-state index in [9.17, 15) is 18.3 Å². The molecule has 0 amide bonds. The van der Waals surface area contributed by atoms with Crippen LogP contribution < -0.4 is 14.2 Å². The number of sulfone groups is 1. The molecule has 4 rings (SSSR count). The summed E-state index contributed by atoms with van der Waals surface area (Å²) < 4.78 is 41.4. The lowest BCUT2D eigenvalue weighted by molar-refractivity contribution is 0.0697. The van der Waals surface area contributed by atoms with Crippen molar-refractivity contribution in [1.82, 2.24) is 9.55 Å². The summed E-state index contributed by atoms with van der Waals surface area (Å²) in [7, 11) is -0.223. The summed E-state index contributed by atoms with van der Waals surface area (Å²) >= 11 is 1.05. The van der Waals surface area contributed by atoms with Crippen LogP contribution in [0.1, 0.15) is 15.2 Å². The minimum atomic E-state index is -3.30. The third kappa shape index (κ3) is 4.50. The Morgan fingerprint density at radius 2 is 1.73 bits per heavy atom. The second kappa shape index (κ2) is 8.75. The first-order valence-electron chi connectivity index (χ1n) is 9.59. The first kappa shape index (κ1) is 22.6. The molecule has 2 aromatic heterocycles. The van der Waals surface area contributed by atoms with Crippen LogP contribution >= 0.6 is 11.3 Å². The van der Waals surface area contributed by atoms with Crippen LogP contribution in [0.4, 0.5) is 0 Å². The van der Waals surface area contributed by atoms with Gasteiger partial charge in [0.15, 0.2) is 26.2 Å². The number of carboxylic acid groups (broad SMARTS) is 1. The Morgan fingerprint density at radius 3 is 2.33 bits per heavy atom. The Bertz CT molecular complexity index is 1440. The van der Waals surface area contributed by atoms with Gasteiger partial charge >= 0.3 is 5.97 Å². The third-order valence-corrected chi connectivity index (χ3v) is 7.15. The number of ether oxygens (including phenoxy) is 3. The monoisotopic (exact) mass is 488 g/mol. The number of carboxylic acids is 1. The van der Waals surface area contributed by atoms with Gasteiger partial charge in [0.05, 0.1) is 30.1 Å². The van der Waals surface area contributed by atoms with Gasteiger partial charge in [-0.1, -0.05) is 12.1 Å². The van der Waals surface area contributed by atoms with E-state index in [0.29, 0.717) is 33.1 Å². The van der Waals surface area contributed by atoms with Crippen LogP contribution in [-0.4, -0.2) is 49.5 Å². The van der Waals surface area contributed by atoms with Gasteiger partial charge in [-0.2, -0.15) is 0 Å². The van der Waals surface area contributed by atoms with E-state index in [-0.39, 0.29) is 22.1 Å². The highest BCUT2D eigenvalue weighted by atomic mass is 32.2. The number of benzene rings is 2. The molecule has 2 aromatic carbocycles. The number of imidazole rings is 1. The van der Waals surface area contributed by atoms with Gasteiger partial charge in [0.2, 0.25) is 0 Å². The highest BCUT2D eigenvalue weighted by molar-refractivity contribution is 7.90. The molecule has 0 aliphatic heterocycles. The first-order valence-corrected chi connectivity index (χ1v) is 12.3. The van der Waals surface area contributed by atoms with Gasteiger partial charge in [0.25, 0.3) is 0 Å². The Balaban J connectivity index is 1.65. The standard InChI is InChI=1S/C22H20N2O7S2/c1-29-17-8-15-16(9-18(17)30-2)24(12-23-15)20-10-19(21(32-20)22(25)26)31-11-13-4-6-14(7-5-13)33(3,27)28/h4-10,12H,11H2,1-3H3,(H,25,26). The van der Waals surface area contributed by atoms with E-state index in [0.717, 1.165) is 17.6 Å². The van der Waals surface area contributed by atoms with Crippen molar-refractivity contribution in [3.63, 3.8) is 0 Å². The molecule has 33 heavy (non-hydrogen) atoms. The van der Waals surface area contributed by atoms with Crippen LogP contribution in [-0.2, 0) is 16.4 Å². The second-order valence-corrected chi connectivity index (χ2v) is 10.1. The molecule has 0 spiro atoms. The summed E-state index contributed by atoms with van der Waals surface area (Å²) in [5.74, 6) is 0.156. The fraction of sp³-hybridized carbons (Fsp3) is 0.182. The number of hydrogen-bond donors (Lipinski definition) is 1. The summed E-state index contributed by atoms with van der Waals surface area (Å²) in [4.78, 5) is 16.4. The summed E-state index contributed by atoms with van der Waals surface area (Å²) in [6.45, 7) is 0.0796. The Kier molecular flexibility index (Phi) is 6.00. The highest BCUT2D eigenvalue weighted by Gasteiger charge is 2.20. The average Bonchev–Trinajstić information content (AvgIpc) is 3.40. The van der Waals surface area contributed by atoms with Gasteiger partial charge in [-0.3, -0.25) is 4.57 Å². The largest absolute Gasteiger partial charge is 0.493 e. The molecule has 9 nitrogen and oxygen atoms in total. The maximum absolute atomic E-state index is 11.8. The van der Waals surface area contributed by atoms with E-state index >= 15 is 0 Å². The maximum Gasteiger partial charge on any atom is 0.349 e. The van der Waals surface area contributed by atoms with E-state index in [1.54, 1.807) is 41.2 Å². The van der Waals surface area contributed by atoms with Crippen LogP contribution in [0, 0.1) is 0 Å². The first-order chi connectivity index (χ1) is 15.7. The Morgan fingerprint density at radius 1 is 1.06 bits per heavy atom. The SMILES string of the molecule is COc1cc2ncn(-c3cc(OCc4ccc(S(C)(=O)=O)cc4)c(C(=O)O)s3)c2cc1OC. The van der Waals surface area contributed by atoms with Crippen molar-refractivity contribution >= 4 is 38.2 Å². The van der Waals surface area contributed by atoms with Gasteiger partial charge in [-0.05, 0) is 17.7 Å². The fourth-order valence-electron chi connectivity index (χ4n) is 3.24. The zero-order valence-electron chi connectivity index (χ0n) is 17.9. The molecular weight excluding hydrogens is 468 g/mol. The van der Waals surface area contributed by atoms with Crippen LogP contribution in [0.15, 0.2) is 53.7 Å². The lowest BCUT2D eigenvalue weighted by Crippen LogP contribution is -2.01. The number of fused-ring (bicyclic) bond motifs is 1. The van der Waals surface area contributed by atoms with Crippen LogP contribution in [0.3, 0.4) is 0 Å². The van der Waals surface area contributed by atoms with Gasteiger partial charge in [0, 0.05) is 24.5 Å². The summed E-state index contributed by atoms with van der Waals surface area (Å²) in [6.07, 6.45) is 2.73. The van der Waals surface area contributed by atoms with Crippen molar-refractivity contribution in [3.8, 4) is 22.2 Å². The molecule has 0 bridgehead atoms. The molecule has 1 N–H and O–H groups in total. The lowest BCUT2D eigenvalue weighted by Gasteiger charge is -2.08. The fourth-order valence-corrected chi connectivity index (χ4v) is 4.80. The minimum absolute atomic E-state index is 0.0417. The van der Waals surface area contributed by atoms with Crippen molar-refractivity contribution in [1.29, 1.82) is 0 Å². The van der Waals surface area contributed by atoms with Crippen molar-refractivity contribution < 1.29 is 32.5 Å². The van der Waals surface area contributed by atoms with Crippen LogP contribution in [0.5, 0.6) is 17.2 Å². The van der Waals surface area contributed by atoms with Crippen molar-refractivity contribution in [2.24, 2.45) is 0 Å². The minimum Gasteiger partial charge on any atom is -0.493 e. The van der Waals surface area contributed by atoms with Crippen molar-refractivity contribution in [3.05, 3.63) is 59.2 Å². The summed E-state index contributed by atoms with van der Waals surface area (Å²) in [5.41, 5.74) is 2.08. The Labute approximate surface area is 193 Å². The van der Waals surface area contributed by atoms with Crippen LogP contribution in [0.25, 0.3) is 16.0 Å². The number of methoxy groups -OCH3 is 2. The molecular formula is C22H20N2O7S2. The van der Waals surface area contributed by atoms with E-state index in [1.807, 2.05) is 0 Å². The molecule has 0 atom stereocenters. The van der Waals surface area contributed by atoms with Gasteiger partial charge in [-0.25, -0.2) is 18.2 Å². The van der Waals surface area contributed by atoms with Crippen LogP contribution in [0.2, 0.25) is 0 Å². The van der Waals surface area contributed by atoms with E-state index in [1.165, 1.54) is 26.4 Å². The molecule has 4 aromatic rings. The lowest BCUT2D eigenvalue weighted by atomic mass is 10.2. The summed E-state index contributed by atoms with van der Waals surface area (Å²) in [6, 6.07) is 11.4.